The molecule has 1 heterocycles. The van der Waals surface area contributed by atoms with Gasteiger partial charge in [-0.25, -0.2) is 15.0 Å². The van der Waals surface area contributed by atoms with Crippen LogP contribution in [0.3, 0.4) is 0 Å². The van der Waals surface area contributed by atoms with Crippen molar-refractivity contribution in [3.05, 3.63) is 106 Å². The lowest BCUT2D eigenvalue weighted by molar-refractivity contribution is 0.284. The molecule has 0 saturated heterocycles. The van der Waals surface area contributed by atoms with Gasteiger partial charge in [0.1, 0.15) is 5.75 Å². The molecule has 3 aromatic carbocycles. The fourth-order valence-electron chi connectivity index (χ4n) is 5.98. The van der Waals surface area contributed by atoms with Gasteiger partial charge in [0.25, 0.3) is 5.56 Å². The Labute approximate surface area is 216 Å². The molecule has 1 spiro atoms. The first-order valence-electron chi connectivity index (χ1n) is 12.9. The van der Waals surface area contributed by atoms with Crippen molar-refractivity contribution in [3.8, 4) is 22.7 Å². The van der Waals surface area contributed by atoms with Crippen LogP contribution in [0.25, 0.3) is 16.9 Å². The highest BCUT2D eigenvalue weighted by molar-refractivity contribution is 5.80. The van der Waals surface area contributed by atoms with Gasteiger partial charge in [0, 0.05) is 17.0 Å². The number of hydrogen-bond acceptors (Lipinski definition) is 5. The van der Waals surface area contributed by atoms with Gasteiger partial charge in [-0.1, -0.05) is 79.9 Å². The number of methoxy groups -OCH3 is 1. The van der Waals surface area contributed by atoms with Crippen molar-refractivity contribution >= 4 is 12.2 Å². The molecule has 37 heavy (non-hydrogen) atoms. The van der Waals surface area contributed by atoms with Crippen LogP contribution in [0, 0.1) is 0 Å². The third kappa shape index (κ3) is 4.22. The van der Waals surface area contributed by atoms with Gasteiger partial charge >= 0.3 is 0 Å². The Morgan fingerprint density at radius 3 is 2.57 bits per heavy atom. The number of rotatable bonds is 5. The molecular weight excluding hydrogens is 460 g/mol. The maximum absolute atomic E-state index is 14.5. The quantitative estimate of drug-likeness (QED) is 0.271. The van der Waals surface area contributed by atoms with Gasteiger partial charge in [-0.3, -0.25) is 4.79 Å². The van der Waals surface area contributed by atoms with Crippen molar-refractivity contribution in [3.63, 3.8) is 0 Å². The first-order chi connectivity index (χ1) is 18.2. The maximum atomic E-state index is 14.5. The van der Waals surface area contributed by atoms with E-state index in [0.717, 1.165) is 54.5 Å². The molecule has 0 unspecified atom stereocenters. The van der Waals surface area contributed by atoms with Gasteiger partial charge in [0.15, 0.2) is 0 Å². The fourth-order valence-corrected chi connectivity index (χ4v) is 5.98. The molecule has 1 aromatic heterocycles. The molecule has 1 fully saturated rings. The van der Waals surface area contributed by atoms with Gasteiger partial charge in [0.05, 0.1) is 30.3 Å². The highest BCUT2D eigenvalue weighted by Crippen LogP contribution is 2.48. The van der Waals surface area contributed by atoms with E-state index in [1.807, 2.05) is 60.7 Å². The molecule has 4 aromatic rings. The van der Waals surface area contributed by atoms with Gasteiger partial charge < -0.3 is 4.74 Å². The lowest BCUT2D eigenvalue weighted by atomic mass is 9.62. The third-order valence-corrected chi connectivity index (χ3v) is 7.71. The standard InChI is InChI=1S/C31H30N4O2/c1-37-25-15-10-14-24(19-25)35-29(36)27-28(33-30(35)34-32-21-22-11-4-2-5-12-22)26-16-7-6-13-23(26)20-31(27)17-8-3-9-18-31/h2,4-7,10-16,19,21H,3,8-9,17-18,20H2,1H3,(H,33,34)/b32-21-. The zero-order valence-corrected chi connectivity index (χ0v) is 21.0. The Morgan fingerprint density at radius 2 is 1.76 bits per heavy atom. The Morgan fingerprint density at radius 1 is 0.973 bits per heavy atom. The Kier molecular flexibility index (Phi) is 6.08. The number of ether oxygens (including phenoxy) is 1. The molecule has 0 atom stereocenters. The lowest BCUT2D eigenvalue weighted by Gasteiger charge is -2.42. The summed E-state index contributed by atoms with van der Waals surface area (Å²) in [5.74, 6) is 1.06. The number of nitrogens with zero attached hydrogens (tertiary/aromatic N) is 3. The van der Waals surface area contributed by atoms with Crippen molar-refractivity contribution in [2.45, 2.75) is 43.9 Å². The zero-order chi connectivity index (χ0) is 25.2. The van der Waals surface area contributed by atoms with Crippen LogP contribution >= 0.6 is 0 Å². The molecule has 2 aliphatic carbocycles. The van der Waals surface area contributed by atoms with E-state index in [4.69, 9.17) is 9.72 Å². The predicted octanol–water partition coefficient (Wildman–Crippen LogP) is 6.11. The minimum absolute atomic E-state index is 0.0351. The molecule has 2 aliphatic rings. The number of hydrazone groups is 1. The molecule has 6 heteroatoms. The van der Waals surface area contributed by atoms with Crippen molar-refractivity contribution in [1.29, 1.82) is 0 Å². The summed E-state index contributed by atoms with van der Waals surface area (Å²) in [6.45, 7) is 0. The fraction of sp³-hybridized carbons (Fsp3) is 0.258. The van der Waals surface area contributed by atoms with E-state index in [9.17, 15) is 4.79 Å². The second kappa shape index (κ2) is 9.69. The normalized spacial score (nSPS) is 15.8. The molecule has 0 amide bonds. The van der Waals surface area contributed by atoms with Crippen LogP contribution in [-0.2, 0) is 11.8 Å². The molecule has 1 N–H and O–H groups in total. The highest BCUT2D eigenvalue weighted by atomic mass is 16.5. The van der Waals surface area contributed by atoms with Gasteiger partial charge in [-0.05, 0) is 42.5 Å². The molecule has 6 rings (SSSR count). The number of benzene rings is 3. The van der Waals surface area contributed by atoms with Crippen molar-refractivity contribution in [2.24, 2.45) is 5.10 Å². The number of anilines is 1. The van der Waals surface area contributed by atoms with E-state index in [1.165, 1.54) is 12.0 Å². The Balaban J connectivity index is 1.58. The van der Waals surface area contributed by atoms with E-state index >= 15 is 0 Å². The summed E-state index contributed by atoms with van der Waals surface area (Å²) in [5.41, 5.74) is 8.44. The SMILES string of the molecule is COc1cccc(-n2c(N/N=C\c3ccccc3)nc3c(c2=O)C2(CCCCC2)Cc2ccccc2-3)c1. The second-order valence-electron chi connectivity index (χ2n) is 9.96. The largest absolute Gasteiger partial charge is 0.497 e. The molecule has 0 aliphatic heterocycles. The van der Waals surface area contributed by atoms with Crippen LogP contribution < -0.4 is 15.7 Å². The average Bonchev–Trinajstić information content (AvgIpc) is 2.94. The van der Waals surface area contributed by atoms with Crippen molar-refractivity contribution in [1.82, 2.24) is 9.55 Å². The van der Waals surface area contributed by atoms with E-state index < -0.39 is 0 Å². The highest BCUT2D eigenvalue weighted by Gasteiger charge is 2.43. The summed E-state index contributed by atoms with van der Waals surface area (Å²) >= 11 is 0. The van der Waals surface area contributed by atoms with Crippen LogP contribution in [0.5, 0.6) is 5.75 Å². The average molecular weight is 491 g/mol. The minimum atomic E-state index is -0.196. The zero-order valence-electron chi connectivity index (χ0n) is 21.0. The summed E-state index contributed by atoms with van der Waals surface area (Å²) in [6.07, 6.45) is 8.08. The number of fused-ring (bicyclic) bond motifs is 4. The topological polar surface area (TPSA) is 68.5 Å². The second-order valence-corrected chi connectivity index (χ2v) is 9.96. The first-order valence-corrected chi connectivity index (χ1v) is 12.9. The number of hydrogen-bond donors (Lipinski definition) is 1. The van der Waals surface area contributed by atoms with Crippen molar-refractivity contribution in [2.75, 3.05) is 12.5 Å². The van der Waals surface area contributed by atoms with Gasteiger partial charge in [0.2, 0.25) is 5.95 Å². The molecule has 0 bridgehead atoms. The first kappa shape index (κ1) is 23.2. The lowest BCUT2D eigenvalue weighted by Crippen LogP contribution is -2.42. The van der Waals surface area contributed by atoms with E-state index in [0.29, 0.717) is 17.4 Å². The van der Waals surface area contributed by atoms with E-state index in [2.05, 4.69) is 28.7 Å². The van der Waals surface area contributed by atoms with Crippen LogP contribution in [0.1, 0.15) is 48.8 Å². The Hall–Kier alpha value is -4.19. The van der Waals surface area contributed by atoms with E-state index in [1.54, 1.807) is 17.9 Å². The van der Waals surface area contributed by atoms with Crippen LogP contribution in [0.15, 0.2) is 88.8 Å². The molecule has 1 saturated carbocycles. The van der Waals surface area contributed by atoms with Crippen LogP contribution in [0.4, 0.5) is 5.95 Å². The minimum Gasteiger partial charge on any atom is -0.497 e. The smallest absolute Gasteiger partial charge is 0.263 e. The van der Waals surface area contributed by atoms with Gasteiger partial charge in [-0.15, -0.1) is 0 Å². The summed E-state index contributed by atoms with van der Waals surface area (Å²) in [5, 5.41) is 4.46. The molecular formula is C31H30N4O2. The Bertz CT molecular complexity index is 1520. The number of nitrogens with one attached hydrogen (secondary N) is 1. The monoisotopic (exact) mass is 490 g/mol. The predicted molar refractivity (Wildman–Crippen MR) is 148 cm³/mol. The molecule has 0 radical (unpaired) electrons. The summed E-state index contributed by atoms with van der Waals surface area (Å²) in [4.78, 5) is 19.7. The van der Waals surface area contributed by atoms with E-state index in [-0.39, 0.29) is 11.0 Å². The molecule has 186 valence electrons. The molecule has 6 nitrogen and oxygen atoms in total. The van der Waals surface area contributed by atoms with Crippen molar-refractivity contribution < 1.29 is 4.74 Å². The summed E-state index contributed by atoms with van der Waals surface area (Å²) in [6, 6.07) is 25.8. The van der Waals surface area contributed by atoms with Crippen LogP contribution in [0.2, 0.25) is 0 Å². The number of aromatic nitrogens is 2. The summed E-state index contributed by atoms with van der Waals surface area (Å²) in [7, 11) is 1.63. The van der Waals surface area contributed by atoms with Crippen LogP contribution in [-0.4, -0.2) is 22.9 Å². The van der Waals surface area contributed by atoms with Gasteiger partial charge in [-0.2, -0.15) is 5.10 Å². The third-order valence-electron chi connectivity index (χ3n) is 7.71. The maximum Gasteiger partial charge on any atom is 0.263 e. The summed E-state index contributed by atoms with van der Waals surface area (Å²) < 4.78 is 7.14.